The van der Waals surface area contributed by atoms with Crippen molar-refractivity contribution in [3.63, 3.8) is 0 Å². The highest BCUT2D eigenvalue weighted by atomic mass is 16.5. The number of ketones is 2. The van der Waals surface area contributed by atoms with Crippen LogP contribution in [0.3, 0.4) is 0 Å². The van der Waals surface area contributed by atoms with E-state index in [1.54, 1.807) is 0 Å². The smallest absolute Gasteiger partial charge is 0.334 e. The minimum absolute atomic E-state index is 0.145. The van der Waals surface area contributed by atoms with E-state index in [1.165, 1.54) is 0 Å². The topological polar surface area (TPSA) is 105 Å². The molecule has 0 aliphatic carbocycles. The maximum atomic E-state index is 11.7. The lowest BCUT2D eigenvalue weighted by Gasteiger charge is -2.08. The standard InChI is InChI=1S/C19H30O8/c1-4-8-24-10-6-16(20)13-26-18(22)12-15(3)19(23)27-14-17(21)7-11-25-9-5-2/h3-14H2,1-2H3. The molecule has 0 radical (unpaired) electrons. The number of carbonyl (C=O) groups excluding carboxylic acids is 4. The van der Waals surface area contributed by atoms with E-state index in [0.29, 0.717) is 13.2 Å². The summed E-state index contributed by atoms with van der Waals surface area (Å²) in [6.07, 6.45) is 1.61. The largest absolute Gasteiger partial charge is 0.457 e. The Hall–Kier alpha value is -2.06. The first-order valence-electron chi connectivity index (χ1n) is 9.10. The van der Waals surface area contributed by atoms with E-state index >= 15 is 0 Å². The van der Waals surface area contributed by atoms with Crippen LogP contribution in [-0.2, 0) is 38.1 Å². The van der Waals surface area contributed by atoms with Crippen LogP contribution in [0.15, 0.2) is 12.2 Å². The highest BCUT2D eigenvalue weighted by molar-refractivity contribution is 5.95. The molecule has 0 aromatic carbocycles. The first-order valence-corrected chi connectivity index (χ1v) is 9.10. The fourth-order valence-corrected chi connectivity index (χ4v) is 1.72. The van der Waals surface area contributed by atoms with Gasteiger partial charge in [0, 0.05) is 31.6 Å². The van der Waals surface area contributed by atoms with Crippen molar-refractivity contribution in [1.82, 2.24) is 0 Å². The monoisotopic (exact) mass is 386 g/mol. The predicted molar refractivity (Wildman–Crippen MR) is 97.1 cm³/mol. The Balaban J connectivity index is 3.90. The zero-order valence-electron chi connectivity index (χ0n) is 16.3. The second-order valence-electron chi connectivity index (χ2n) is 5.82. The maximum absolute atomic E-state index is 11.7. The molecule has 0 rings (SSSR count). The molecule has 0 spiro atoms. The molecule has 0 bridgehead atoms. The lowest BCUT2D eigenvalue weighted by atomic mass is 10.2. The summed E-state index contributed by atoms with van der Waals surface area (Å²) in [5.74, 6) is -2.18. The molecule has 0 atom stereocenters. The van der Waals surface area contributed by atoms with E-state index < -0.39 is 25.0 Å². The number of carbonyl (C=O) groups is 4. The summed E-state index contributed by atoms with van der Waals surface area (Å²) in [5, 5.41) is 0. The van der Waals surface area contributed by atoms with Crippen LogP contribution in [0.4, 0.5) is 0 Å². The Bertz CT molecular complexity index is 498. The van der Waals surface area contributed by atoms with Gasteiger partial charge >= 0.3 is 11.9 Å². The highest BCUT2D eigenvalue weighted by Gasteiger charge is 2.16. The second-order valence-corrected chi connectivity index (χ2v) is 5.82. The molecular formula is C19H30O8. The van der Waals surface area contributed by atoms with Gasteiger partial charge in [-0.3, -0.25) is 14.4 Å². The van der Waals surface area contributed by atoms with Gasteiger partial charge in [-0.2, -0.15) is 0 Å². The first-order chi connectivity index (χ1) is 12.9. The molecule has 0 heterocycles. The van der Waals surface area contributed by atoms with E-state index in [0.717, 1.165) is 12.8 Å². The van der Waals surface area contributed by atoms with E-state index in [2.05, 4.69) is 6.58 Å². The zero-order valence-corrected chi connectivity index (χ0v) is 16.3. The van der Waals surface area contributed by atoms with Gasteiger partial charge in [-0.1, -0.05) is 20.4 Å². The molecule has 0 fully saturated rings. The van der Waals surface area contributed by atoms with Gasteiger partial charge in [0.2, 0.25) is 0 Å². The molecule has 0 aromatic rings. The van der Waals surface area contributed by atoms with Crippen molar-refractivity contribution in [3.05, 3.63) is 12.2 Å². The Kier molecular flexibility index (Phi) is 14.9. The van der Waals surface area contributed by atoms with Crippen LogP contribution in [-0.4, -0.2) is 63.1 Å². The summed E-state index contributed by atoms with van der Waals surface area (Å²) < 4.78 is 19.9. The van der Waals surface area contributed by atoms with Crippen LogP contribution >= 0.6 is 0 Å². The third kappa shape index (κ3) is 14.8. The lowest BCUT2D eigenvalue weighted by molar-refractivity contribution is -0.150. The molecule has 0 N–H and O–H groups in total. The molecule has 8 nitrogen and oxygen atoms in total. The molecule has 0 aromatic heterocycles. The van der Waals surface area contributed by atoms with Crippen LogP contribution in [0.1, 0.15) is 46.0 Å². The van der Waals surface area contributed by atoms with Gasteiger partial charge in [-0.05, 0) is 12.8 Å². The van der Waals surface area contributed by atoms with Crippen LogP contribution in [0, 0.1) is 0 Å². The fraction of sp³-hybridized carbons (Fsp3) is 0.684. The van der Waals surface area contributed by atoms with Crippen molar-refractivity contribution in [2.45, 2.75) is 46.0 Å². The second kappa shape index (κ2) is 16.1. The van der Waals surface area contributed by atoms with Gasteiger partial charge < -0.3 is 18.9 Å². The summed E-state index contributed by atoms with van der Waals surface area (Å²) in [5.41, 5.74) is -0.145. The van der Waals surface area contributed by atoms with Crippen molar-refractivity contribution in [3.8, 4) is 0 Å². The quantitative estimate of drug-likeness (QED) is 0.212. The van der Waals surface area contributed by atoms with Gasteiger partial charge in [0.1, 0.15) is 13.2 Å². The molecule has 8 heteroatoms. The fourth-order valence-electron chi connectivity index (χ4n) is 1.72. The molecule has 0 aliphatic heterocycles. The van der Waals surface area contributed by atoms with E-state index in [4.69, 9.17) is 18.9 Å². The zero-order chi connectivity index (χ0) is 20.5. The SMILES string of the molecule is C=C(CC(=O)OCC(=O)CCOCCC)C(=O)OCC(=O)CCOCCC. The Morgan fingerprint density at radius 1 is 0.741 bits per heavy atom. The summed E-state index contributed by atoms with van der Waals surface area (Å²) in [6.45, 7) is 8.26. The Morgan fingerprint density at radius 3 is 1.70 bits per heavy atom. The van der Waals surface area contributed by atoms with Crippen molar-refractivity contribution < 1.29 is 38.1 Å². The van der Waals surface area contributed by atoms with Gasteiger partial charge in [0.25, 0.3) is 0 Å². The van der Waals surface area contributed by atoms with Gasteiger partial charge in [0.15, 0.2) is 11.6 Å². The van der Waals surface area contributed by atoms with Crippen LogP contribution in [0.5, 0.6) is 0 Å². The molecular weight excluding hydrogens is 356 g/mol. The number of rotatable bonds is 17. The Morgan fingerprint density at radius 2 is 1.22 bits per heavy atom. The maximum Gasteiger partial charge on any atom is 0.334 e. The van der Waals surface area contributed by atoms with Gasteiger partial charge in [-0.15, -0.1) is 0 Å². The number of ether oxygens (including phenoxy) is 4. The molecule has 0 aliphatic rings. The van der Waals surface area contributed by atoms with Crippen LogP contribution in [0.2, 0.25) is 0 Å². The molecule has 154 valence electrons. The van der Waals surface area contributed by atoms with Crippen LogP contribution in [0.25, 0.3) is 0 Å². The average molecular weight is 386 g/mol. The van der Waals surface area contributed by atoms with E-state index in [-0.39, 0.29) is 49.8 Å². The number of Topliss-reactive ketones (excluding diaryl/α,β-unsaturated/α-hetero) is 2. The normalized spacial score (nSPS) is 10.3. The molecule has 0 saturated heterocycles. The van der Waals surface area contributed by atoms with Crippen molar-refractivity contribution in [2.24, 2.45) is 0 Å². The number of hydrogen-bond donors (Lipinski definition) is 0. The minimum atomic E-state index is -0.853. The molecule has 27 heavy (non-hydrogen) atoms. The predicted octanol–water partition coefficient (Wildman–Crippen LogP) is 1.79. The van der Waals surface area contributed by atoms with Gasteiger partial charge in [0.05, 0.1) is 19.6 Å². The number of esters is 2. The van der Waals surface area contributed by atoms with Crippen molar-refractivity contribution >= 4 is 23.5 Å². The summed E-state index contributed by atoms with van der Waals surface area (Å²) in [4.78, 5) is 46.4. The lowest BCUT2D eigenvalue weighted by Crippen LogP contribution is -2.20. The van der Waals surface area contributed by atoms with Crippen molar-refractivity contribution in [1.29, 1.82) is 0 Å². The Labute approximate surface area is 160 Å². The van der Waals surface area contributed by atoms with E-state index in [9.17, 15) is 19.2 Å². The van der Waals surface area contributed by atoms with E-state index in [1.807, 2.05) is 13.8 Å². The first kappa shape index (κ1) is 24.9. The van der Waals surface area contributed by atoms with Crippen LogP contribution < -0.4 is 0 Å². The summed E-state index contributed by atoms with van der Waals surface area (Å²) in [7, 11) is 0. The van der Waals surface area contributed by atoms with Crippen molar-refractivity contribution in [2.75, 3.05) is 39.6 Å². The number of hydrogen-bond acceptors (Lipinski definition) is 8. The average Bonchev–Trinajstić information content (AvgIpc) is 2.65. The minimum Gasteiger partial charge on any atom is -0.457 e. The third-order valence-corrected chi connectivity index (χ3v) is 3.15. The highest BCUT2D eigenvalue weighted by Crippen LogP contribution is 2.04. The summed E-state index contributed by atoms with van der Waals surface area (Å²) in [6, 6.07) is 0. The molecule has 0 unspecified atom stereocenters. The van der Waals surface area contributed by atoms with Gasteiger partial charge in [-0.25, -0.2) is 4.79 Å². The summed E-state index contributed by atoms with van der Waals surface area (Å²) >= 11 is 0. The molecule has 0 amide bonds. The third-order valence-electron chi connectivity index (χ3n) is 3.15. The molecule has 0 saturated carbocycles.